The molecule has 2 nitrogen and oxygen atoms in total. The van der Waals surface area contributed by atoms with Crippen LogP contribution < -0.4 is 11.5 Å². The van der Waals surface area contributed by atoms with E-state index < -0.39 is 5.41 Å². The van der Waals surface area contributed by atoms with Crippen molar-refractivity contribution in [3.05, 3.63) is 118 Å². The van der Waals surface area contributed by atoms with E-state index in [1.807, 2.05) is 24.3 Å². The molecule has 2 heteroatoms. The highest BCUT2D eigenvalue weighted by Gasteiger charge is 2.46. The fourth-order valence-electron chi connectivity index (χ4n) is 6.70. The first-order chi connectivity index (χ1) is 22.1. The van der Waals surface area contributed by atoms with Crippen LogP contribution in [0.1, 0.15) is 124 Å². The summed E-state index contributed by atoms with van der Waals surface area (Å²) in [6.45, 7) is 4.51. The molecule has 0 atom stereocenters. The minimum Gasteiger partial charge on any atom is -0.399 e. The van der Waals surface area contributed by atoms with E-state index >= 15 is 0 Å². The van der Waals surface area contributed by atoms with Crippen molar-refractivity contribution in [2.45, 2.75) is 96.3 Å². The largest absolute Gasteiger partial charge is 0.399 e. The van der Waals surface area contributed by atoms with Gasteiger partial charge < -0.3 is 11.5 Å². The Morgan fingerprint density at radius 2 is 0.889 bits per heavy atom. The van der Waals surface area contributed by atoms with Gasteiger partial charge in [-0.15, -0.1) is 0 Å². The summed E-state index contributed by atoms with van der Waals surface area (Å²) in [5.74, 6) is 13.9. The van der Waals surface area contributed by atoms with Crippen LogP contribution in [0.2, 0.25) is 0 Å². The number of hydrogen-bond acceptors (Lipinski definition) is 2. The molecule has 0 unspecified atom stereocenters. The third kappa shape index (κ3) is 7.30. The number of unbranched alkanes of at least 4 members (excludes halogenated alkanes) is 10. The van der Waals surface area contributed by atoms with Gasteiger partial charge in [0, 0.05) is 35.3 Å². The number of hydrogen-bond donors (Lipinski definition) is 2. The summed E-state index contributed by atoms with van der Waals surface area (Å²) in [7, 11) is 0. The lowest BCUT2D eigenvalue weighted by molar-refractivity contribution is 0.641. The SMILES string of the molecule is CCCCCCCC#Cc1ccc2c(c1)C(c1ccc(N)cc1)(c1ccc(N)cc1)c1cc(C#CCCCCCCC)ccc1-2. The molecule has 0 saturated heterocycles. The zero-order valence-electron chi connectivity index (χ0n) is 27.2. The van der Waals surface area contributed by atoms with Gasteiger partial charge in [0.05, 0.1) is 5.41 Å². The third-order valence-electron chi connectivity index (χ3n) is 9.10. The van der Waals surface area contributed by atoms with Gasteiger partial charge in [0.25, 0.3) is 0 Å². The second-order valence-electron chi connectivity index (χ2n) is 12.4. The predicted molar refractivity (Wildman–Crippen MR) is 193 cm³/mol. The Hall–Kier alpha value is -4.40. The summed E-state index contributed by atoms with van der Waals surface area (Å²) in [5, 5.41) is 0. The average Bonchev–Trinajstić information content (AvgIpc) is 3.34. The van der Waals surface area contributed by atoms with Crippen LogP contribution in [0.5, 0.6) is 0 Å². The number of fused-ring (bicyclic) bond motifs is 3. The summed E-state index contributed by atoms with van der Waals surface area (Å²) in [5.41, 5.74) is 22.8. The summed E-state index contributed by atoms with van der Waals surface area (Å²) in [4.78, 5) is 0. The lowest BCUT2D eigenvalue weighted by atomic mass is 9.67. The van der Waals surface area contributed by atoms with Gasteiger partial charge in [-0.05, 0) is 94.8 Å². The van der Waals surface area contributed by atoms with Gasteiger partial charge in [-0.3, -0.25) is 0 Å². The van der Waals surface area contributed by atoms with Crippen molar-refractivity contribution in [3.63, 3.8) is 0 Å². The van der Waals surface area contributed by atoms with Gasteiger partial charge in [0.15, 0.2) is 0 Å². The van der Waals surface area contributed by atoms with Crippen molar-refractivity contribution in [2.75, 3.05) is 11.5 Å². The number of rotatable bonds is 12. The van der Waals surface area contributed by atoms with Gasteiger partial charge in [-0.2, -0.15) is 0 Å². The molecule has 0 fully saturated rings. The number of benzene rings is 4. The van der Waals surface area contributed by atoms with Crippen molar-refractivity contribution >= 4 is 11.4 Å². The Morgan fingerprint density at radius 3 is 1.29 bits per heavy atom. The molecule has 4 aromatic rings. The molecule has 0 spiro atoms. The molecule has 1 aliphatic rings. The van der Waals surface area contributed by atoms with Crippen molar-refractivity contribution < 1.29 is 0 Å². The van der Waals surface area contributed by atoms with Crippen LogP contribution in [0.25, 0.3) is 11.1 Å². The molecule has 0 aliphatic heterocycles. The van der Waals surface area contributed by atoms with Crippen LogP contribution in [0, 0.1) is 23.7 Å². The summed E-state index contributed by atoms with van der Waals surface area (Å²) in [6.07, 6.45) is 14.4. The number of nitrogen functional groups attached to an aromatic ring is 2. The molecule has 0 aromatic heterocycles. The van der Waals surface area contributed by atoms with Gasteiger partial charge in [0.1, 0.15) is 0 Å². The van der Waals surface area contributed by atoms with Gasteiger partial charge in [-0.1, -0.05) is 125 Å². The smallest absolute Gasteiger partial charge is 0.0714 e. The molecule has 45 heavy (non-hydrogen) atoms. The van der Waals surface area contributed by atoms with Crippen molar-refractivity contribution in [1.82, 2.24) is 0 Å². The predicted octanol–water partition coefficient (Wildman–Crippen LogP) is 10.6. The lowest BCUT2D eigenvalue weighted by Gasteiger charge is -2.34. The van der Waals surface area contributed by atoms with Crippen molar-refractivity contribution in [1.29, 1.82) is 0 Å². The van der Waals surface area contributed by atoms with E-state index in [1.165, 1.54) is 84.7 Å². The van der Waals surface area contributed by atoms with Crippen molar-refractivity contribution in [2.24, 2.45) is 0 Å². The normalized spacial score (nSPS) is 12.4. The van der Waals surface area contributed by atoms with E-state index in [0.717, 1.165) is 48.2 Å². The molecule has 4 aromatic carbocycles. The quantitative estimate of drug-likeness (QED) is 0.0860. The van der Waals surface area contributed by atoms with Crippen LogP contribution in [0.3, 0.4) is 0 Å². The summed E-state index contributed by atoms with van der Waals surface area (Å²) < 4.78 is 0. The van der Waals surface area contributed by atoms with Crippen LogP contribution in [-0.4, -0.2) is 0 Å². The summed E-state index contributed by atoms with van der Waals surface area (Å²) in [6, 6.07) is 30.3. The Balaban J connectivity index is 1.60. The van der Waals surface area contributed by atoms with Gasteiger partial charge in [-0.25, -0.2) is 0 Å². The van der Waals surface area contributed by atoms with Crippen LogP contribution in [0.15, 0.2) is 84.9 Å². The van der Waals surface area contributed by atoms with E-state index in [0.29, 0.717) is 0 Å². The molecule has 0 amide bonds. The van der Waals surface area contributed by atoms with Crippen LogP contribution in [-0.2, 0) is 5.41 Å². The van der Waals surface area contributed by atoms with E-state index in [-0.39, 0.29) is 0 Å². The number of nitrogens with two attached hydrogens (primary N) is 2. The fraction of sp³-hybridized carbons (Fsp3) is 0.349. The third-order valence-corrected chi connectivity index (χ3v) is 9.10. The Morgan fingerprint density at radius 1 is 0.489 bits per heavy atom. The second-order valence-corrected chi connectivity index (χ2v) is 12.4. The van der Waals surface area contributed by atoms with E-state index in [1.54, 1.807) is 0 Å². The minimum absolute atomic E-state index is 0.554. The Kier molecular flexibility index (Phi) is 11.1. The van der Waals surface area contributed by atoms with Crippen LogP contribution >= 0.6 is 0 Å². The van der Waals surface area contributed by atoms with E-state index in [4.69, 9.17) is 11.5 Å². The summed E-state index contributed by atoms with van der Waals surface area (Å²) >= 11 is 0. The Bertz CT molecular complexity index is 1560. The lowest BCUT2D eigenvalue weighted by Crippen LogP contribution is -2.28. The first-order valence-corrected chi connectivity index (χ1v) is 17.1. The maximum atomic E-state index is 6.22. The number of anilines is 2. The molecule has 0 heterocycles. The zero-order valence-corrected chi connectivity index (χ0v) is 27.2. The minimum atomic E-state index is -0.554. The Labute approximate surface area is 271 Å². The zero-order chi connectivity index (χ0) is 31.5. The molecular formula is C43H48N2. The monoisotopic (exact) mass is 592 g/mol. The maximum Gasteiger partial charge on any atom is 0.0714 e. The maximum absolute atomic E-state index is 6.22. The molecule has 0 bridgehead atoms. The molecule has 4 N–H and O–H groups in total. The highest BCUT2D eigenvalue weighted by molar-refractivity contribution is 5.87. The van der Waals surface area contributed by atoms with Crippen LogP contribution in [0.4, 0.5) is 11.4 Å². The highest BCUT2D eigenvalue weighted by Crippen LogP contribution is 2.56. The molecule has 230 valence electrons. The second kappa shape index (κ2) is 15.5. The average molecular weight is 593 g/mol. The molecule has 0 saturated carbocycles. The van der Waals surface area contributed by atoms with E-state index in [9.17, 15) is 0 Å². The first-order valence-electron chi connectivity index (χ1n) is 17.1. The van der Waals surface area contributed by atoms with Crippen molar-refractivity contribution in [3.8, 4) is 34.8 Å². The molecule has 1 aliphatic carbocycles. The fourth-order valence-corrected chi connectivity index (χ4v) is 6.70. The highest BCUT2D eigenvalue weighted by atomic mass is 14.6. The molecule has 5 rings (SSSR count). The van der Waals surface area contributed by atoms with Gasteiger partial charge >= 0.3 is 0 Å². The molecular weight excluding hydrogens is 544 g/mol. The van der Waals surface area contributed by atoms with Gasteiger partial charge in [0.2, 0.25) is 0 Å². The standard InChI is InChI=1S/C43H48N2/c1-3-5-7-9-11-13-15-17-33-19-29-39-40-30-20-34(18-16-14-12-10-8-6-4-2)32-42(40)43(41(39)31-33,35-21-25-37(44)26-22-35)36-23-27-38(45)28-24-36/h19-32H,3-14,44-45H2,1-2H3. The topological polar surface area (TPSA) is 52.0 Å². The molecule has 0 radical (unpaired) electrons. The first kappa shape index (κ1) is 32.0. The van der Waals surface area contributed by atoms with E-state index in [2.05, 4.69) is 98.2 Å².